The molecule has 0 unspecified atom stereocenters. The minimum Gasteiger partial charge on any atom is -0.0981 e. The summed E-state index contributed by atoms with van der Waals surface area (Å²) in [5, 5.41) is 2.12. The molecule has 0 saturated heterocycles. The number of halogens is 1. The highest BCUT2D eigenvalue weighted by Gasteiger charge is 1.90. The first-order chi connectivity index (χ1) is 8.24. The van der Waals surface area contributed by atoms with E-state index in [1.54, 1.807) is 11.8 Å². The summed E-state index contributed by atoms with van der Waals surface area (Å²) in [6, 6.07) is 16.8. The molecule has 0 nitrogen and oxygen atoms in total. The van der Waals surface area contributed by atoms with Gasteiger partial charge in [-0.1, -0.05) is 57.5 Å². The molecule has 0 heterocycles. The fourth-order valence-corrected chi connectivity index (χ4v) is 2.32. The summed E-state index contributed by atoms with van der Waals surface area (Å²) < 4.78 is 1.11. The molecule has 2 aromatic rings. The molecule has 2 heteroatoms. The van der Waals surface area contributed by atoms with Crippen LogP contribution in [0.1, 0.15) is 11.1 Å². The van der Waals surface area contributed by atoms with E-state index in [9.17, 15) is 0 Å². The van der Waals surface area contributed by atoms with Gasteiger partial charge in [0.05, 0.1) is 0 Å². The molecule has 0 aliphatic carbocycles. The van der Waals surface area contributed by atoms with Crippen molar-refractivity contribution in [3.05, 3.63) is 69.5 Å². The van der Waals surface area contributed by atoms with Crippen molar-refractivity contribution in [2.24, 2.45) is 0 Å². The predicted octanol–water partition coefficient (Wildman–Crippen LogP) is 5.52. The van der Waals surface area contributed by atoms with Crippen LogP contribution in [-0.4, -0.2) is 0 Å². The molecule has 0 atom stereocenters. The van der Waals surface area contributed by atoms with Crippen LogP contribution in [0.15, 0.2) is 63.3 Å². The van der Waals surface area contributed by atoms with Gasteiger partial charge in [0.15, 0.2) is 0 Å². The Labute approximate surface area is 115 Å². The van der Waals surface area contributed by atoms with Crippen LogP contribution in [-0.2, 0) is 0 Å². The number of hydrogen-bond acceptors (Lipinski definition) is 1. The van der Waals surface area contributed by atoms with E-state index < -0.39 is 0 Å². The average molecular weight is 305 g/mol. The van der Waals surface area contributed by atoms with Crippen LogP contribution >= 0.6 is 27.7 Å². The quantitative estimate of drug-likeness (QED) is 0.673. The van der Waals surface area contributed by atoms with Crippen molar-refractivity contribution in [3.8, 4) is 0 Å². The van der Waals surface area contributed by atoms with Gasteiger partial charge in [-0.15, -0.1) is 0 Å². The Morgan fingerprint density at radius 3 is 2.24 bits per heavy atom. The van der Waals surface area contributed by atoms with Gasteiger partial charge in [0.1, 0.15) is 0 Å². The number of thioether (sulfide) groups is 1. The fraction of sp³-hybridized carbons (Fsp3) is 0.0667. The van der Waals surface area contributed by atoms with Gasteiger partial charge in [0.25, 0.3) is 0 Å². The lowest BCUT2D eigenvalue weighted by Crippen LogP contribution is -1.72. The number of hydrogen-bond donors (Lipinski definition) is 0. The van der Waals surface area contributed by atoms with Crippen molar-refractivity contribution in [2.75, 3.05) is 0 Å². The number of rotatable bonds is 3. The van der Waals surface area contributed by atoms with E-state index in [-0.39, 0.29) is 0 Å². The molecule has 0 fully saturated rings. The maximum Gasteiger partial charge on any atom is 0.0175 e. The normalized spacial score (nSPS) is 10.9. The Morgan fingerprint density at radius 2 is 1.59 bits per heavy atom. The molecule has 0 amide bonds. The third kappa shape index (κ3) is 4.06. The van der Waals surface area contributed by atoms with Crippen LogP contribution in [0.2, 0.25) is 0 Å². The smallest absolute Gasteiger partial charge is 0.0175 e. The van der Waals surface area contributed by atoms with Gasteiger partial charge < -0.3 is 0 Å². The Balaban J connectivity index is 1.97. The number of aryl methyl sites for hydroxylation is 1. The second-order valence-electron chi connectivity index (χ2n) is 3.79. The molecule has 0 aromatic heterocycles. The highest BCUT2D eigenvalue weighted by Crippen LogP contribution is 2.21. The van der Waals surface area contributed by atoms with Gasteiger partial charge in [0.2, 0.25) is 0 Å². The van der Waals surface area contributed by atoms with Crippen molar-refractivity contribution < 1.29 is 0 Å². The van der Waals surface area contributed by atoms with E-state index in [1.807, 2.05) is 0 Å². The summed E-state index contributed by atoms with van der Waals surface area (Å²) in [6.07, 6.45) is 2.12. The molecule has 0 spiro atoms. The van der Waals surface area contributed by atoms with Gasteiger partial charge in [-0.25, -0.2) is 0 Å². The van der Waals surface area contributed by atoms with Crippen LogP contribution in [0.3, 0.4) is 0 Å². The average Bonchev–Trinajstić information content (AvgIpc) is 2.34. The second kappa shape index (κ2) is 6.08. The number of benzene rings is 2. The summed E-state index contributed by atoms with van der Waals surface area (Å²) in [7, 11) is 0. The molecule has 0 aliphatic heterocycles. The van der Waals surface area contributed by atoms with E-state index >= 15 is 0 Å². The third-order valence-electron chi connectivity index (χ3n) is 2.36. The van der Waals surface area contributed by atoms with Crippen LogP contribution in [0.25, 0.3) is 6.08 Å². The van der Waals surface area contributed by atoms with E-state index in [0.717, 1.165) is 4.47 Å². The van der Waals surface area contributed by atoms with Crippen molar-refractivity contribution in [1.29, 1.82) is 0 Å². The summed E-state index contributed by atoms with van der Waals surface area (Å²) in [5.74, 6) is 0. The zero-order valence-electron chi connectivity index (χ0n) is 9.56. The molecule has 0 aliphatic rings. The molecule has 0 bridgehead atoms. The Kier molecular flexibility index (Phi) is 4.46. The maximum absolute atomic E-state index is 3.43. The van der Waals surface area contributed by atoms with E-state index in [2.05, 4.69) is 82.9 Å². The molecule has 17 heavy (non-hydrogen) atoms. The Morgan fingerprint density at radius 1 is 0.941 bits per heavy atom. The predicted molar refractivity (Wildman–Crippen MR) is 80.2 cm³/mol. The molecule has 0 N–H and O–H groups in total. The van der Waals surface area contributed by atoms with Crippen LogP contribution in [0, 0.1) is 6.92 Å². The molecule has 0 saturated carbocycles. The van der Waals surface area contributed by atoms with E-state index in [1.165, 1.54) is 16.0 Å². The summed E-state index contributed by atoms with van der Waals surface area (Å²) in [4.78, 5) is 1.27. The zero-order valence-corrected chi connectivity index (χ0v) is 12.0. The monoisotopic (exact) mass is 304 g/mol. The first-order valence-electron chi connectivity index (χ1n) is 5.39. The maximum atomic E-state index is 3.43. The summed E-state index contributed by atoms with van der Waals surface area (Å²) >= 11 is 5.16. The lowest BCUT2D eigenvalue weighted by molar-refractivity contribution is 1.38. The van der Waals surface area contributed by atoms with Crippen LogP contribution in [0.4, 0.5) is 0 Å². The van der Waals surface area contributed by atoms with E-state index in [4.69, 9.17) is 0 Å². The van der Waals surface area contributed by atoms with Gasteiger partial charge >= 0.3 is 0 Å². The minimum absolute atomic E-state index is 1.11. The second-order valence-corrected chi connectivity index (χ2v) is 5.68. The standard InChI is InChI=1S/C15H13BrS/c1-12-2-8-15(9-3-12)17-11-10-13-4-6-14(16)7-5-13/h2-11H,1H3. The van der Waals surface area contributed by atoms with Gasteiger partial charge in [-0.05, 0) is 48.2 Å². The summed E-state index contributed by atoms with van der Waals surface area (Å²) in [5.41, 5.74) is 2.51. The molecule has 86 valence electrons. The van der Waals surface area contributed by atoms with Crippen LogP contribution in [0.5, 0.6) is 0 Å². The van der Waals surface area contributed by atoms with Crippen LogP contribution < -0.4 is 0 Å². The lowest BCUT2D eigenvalue weighted by Gasteiger charge is -1.97. The molecule has 0 radical (unpaired) electrons. The Hall–Kier alpha value is -0.990. The molecule has 2 rings (SSSR count). The highest BCUT2D eigenvalue weighted by atomic mass is 79.9. The molecular formula is C15H13BrS. The topological polar surface area (TPSA) is 0 Å². The van der Waals surface area contributed by atoms with Gasteiger partial charge in [0, 0.05) is 9.37 Å². The largest absolute Gasteiger partial charge is 0.0981 e. The van der Waals surface area contributed by atoms with Gasteiger partial charge in [-0.3, -0.25) is 0 Å². The minimum atomic E-state index is 1.11. The molecular weight excluding hydrogens is 292 g/mol. The zero-order chi connectivity index (χ0) is 12.1. The SMILES string of the molecule is Cc1ccc(SC=Cc2ccc(Br)cc2)cc1. The first-order valence-corrected chi connectivity index (χ1v) is 7.07. The van der Waals surface area contributed by atoms with Crippen molar-refractivity contribution >= 4 is 33.8 Å². The highest BCUT2D eigenvalue weighted by molar-refractivity contribution is 9.10. The lowest BCUT2D eigenvalue weighted by atomic mass is 10.2. The van der Waals surface area contributed by atoms with E-state index in [0.29, 0.717) is 0 Å². The van der Waals surface area contributed by atoms with Crippen molar-refractivity contribution in [1.82, 2.24) is 0 Å². The first kappa shape index (κ1) is 12.5. The van der Waals surface area contributed by atoms with Crippen molar-refractivity contribution in [2.45, 2.75) is 11.8 Å². The fourth-order valence-electron chi connectivity index (χ4n) is 1.38. The van der Waals surface area contributed by atoms with Gasteiger partial charge in [-0.2, -0.15) is 0 Å². The Bertz CT molecular complexity index is 497. The summed E-state index contributed by atoms with van der Waals surface area (Å²) in [6.45, 7) is 2.10. The third-order valence-corrected chi connectivity index (χ3v) is 3.70. The van der Waals surface area contributed by atoms with Crippen molar-refractivity contribution in [3.63, 3.8) is 0 Å². The molecule has 2 aromatic carbocycles.